The second-order valence-corrected chi connectivity index (χ2v) is 5.11. The Morgan fingerprint density at radius 3 is 1.83 bits per heavy atom. The molecule has 0 saturated carbocycles. The lowest BCUT2D eigenvalue weighted by molar-refractivity contribution is -0.139. The summed E-state index contributed by atoms with van der Waals surface area (Å²) in [4.78, 5) is 10.1. The van der Waals surface area contributed by atoms with Crippen molar-refractivity contribution in [2.75, 3.05) is 6.54 Å². The van der Waals surface area contributed by atoms with Gasteiger partial charge in [-0.2, -0.15) is 0 Å². The molecule has 0 aliphatic carbocycles. The lowest BCUT2D eigenvalue weighted by Gasteiger charge is -1.99. The van der Waals surface area contributed by atoms with E-state index < -0.39 is 5.97 Å². The smallest absolute Gasteiger partial charge is 0.320 e. The van der Waals surface area contributed by atoms with Crippen molar-refractivity contribution in [2.24, 2.45) is 0 Å². The maximum Gasteiger partial charge on any atom is 0.320 e. The summed E-state index contributed by atoms with van der Waals surface area (Å²) in [7, 11) is 0. The molecule has 1 aliphatic rings. The van der Waals surface area contributed by atoms with Crippen LogP contribution >= 0.6 is 0 Å². The Morgan fingerprint density at radius 1 is 1.06 bits per heavy atom. The van der Waals surface area contributed by atoms with Gasteiger partial charge in [-0.15, -0.1) is 0 Å². The maximum atomic E-state index is 10.1. The lowest BCUT2D eigenvalue weighted by atomic mass is 10.1. The van der Waals surface area contributed by atoms with Crippen molar-refractivity contribution in [3.8, 4) is 0 Å². The molecule has 2 N–H and O–H groups in total. The molecule has 1 heterocycles. The number of carbonyl (C=O) groups is 1. The van der Waals surface area contributed by atoms with Gasteiger partial charge in [0.25, 0.3) is 0 Å². The number of nitrogens with one attached hydrogen (secondary N) is 1. The monoisotopic (exact) mass is 257 g/mol. The van der Waals surface area contributed by atoms with Gasteiger partial charge in [0.05, 0.1) is 0 Å². The van der Waals surface area contributed by atoms with Crippen molar-refractivity contribution < 1.29 is 9.90 Å². The van der Waals surface area contributed by atoms with E-state index in [1.807, 2.05) is 0 Å². The molecule has 3 nitrogen and oxygen atoms in total. The van der Waals surface area contributed by atoms with Crippen LogP contribution in [0.4, 0.5) is 0 Å². The number of hydrogen-bond acceptors (Lipinski definition) is 2. The fourth-order valence-corrected chi connectivity index (χ4v) is 2.10. The van der Waals surface area contributed by atoms with Crippen molar-refractivity contribution in [3.63, 3.8) is 0 Å². The van der Waals surface area contributed by atoms with Crippen LogP contribution < -0.4 is 5.32 Å². The first-order chi connectivity index (χ1) is 8.72. The minimum atomic E-state index is -0.720. The molecule has 0 aromatic rings. The molecule has 0 aromatic carbocycles. The minimum Gasteiger partial charge on any atom is -0.480 e. The molecule has 1 rings (SSSR count). The fourth-order valence-electron chi connectivity index (χ4n) is 2.10. The molecule has 0 spiro atoms. The van der Waals surface area contributed by atoms with Crippen LogP contribution in [0.15, 0.2) is 0 Å². The summed E-state index contributed by atoms with van der Waals surface area (Å²) < 4.78 is 0. The minimum absolute atomic E-state index is 0.269. The van der Waals surface area contributed by atoms with Gasteiger partial charge in [0.1, 0.15) is 6.04 Å². The van der Waals surface area contributed by atoms with Crippen molar-refractivity contribution in [1.82, 2.24) is 5.32 Å². The van der Waals surface area contributed by atoms with Gasteiger partial charge >= 0.3 is 5.97 Å². The summed E-state index contributed by atoms with van der Waals surface area (Å²) in [6, 6.07) is -0.269. The van der Waals surface area contributed by atoms with Crippen molar-refractivity contribution in [1.29, 1.82) is 0 Å². The number of carboxylic acid groups (broad SMARTS) is 1. The molecule has 0 radical (unpaired) electrons. The second kappa shape index (κ2) is 12.9. The van der Waals surface area contributed by atoms with Crippen LogP contribution in [-0.4, -0.2) is 23.7 Å². The number of aliphatic carboxylic acids is 1. The highest BCUT2D eigenvalue weighted by molar-refractivity contribution is 5.73. The molecule has 1 aliphatic heterocycles. The number of rotatable bonds is 8. The molecule has 108 valence electrons. The molecule has 1 fully saturated rings. The third kappa shape index (κ3) is 10.6. The molecule has 3 heteroatoms. The predicted molar refractivity (Wildman–Crippen MR) is 76.9 cm³/mol. The molecule has 1 saturated heterocycles. The van der Waals surface area contributed by atoms with E-state index in [2.05, 4.69) is 19.2 Å². The van der Waals surface area contributed by atoms with E-state index in [9.17, 15) is 4.79 Å². The van der Waals surface area contributed by atoms with Gasteiger partial charge in [0.15, 0.2) is 0 Å². The molecule has 1 atom stereocenters. The Labute approximate surface area is 112 Å². The molecular weight excluding hydrogens is 226 g/mol. The Kier molecular flexibility index (Phi) is 12.5. The van der Waals surface area contributed by atoms with Crippen LogP contribution in [-0.2, 0) is 4.79 Å². The first kappa shape index (κ1) is 17.4. The number of hydrogen-bond donors (Lipinski definition) is 2. The zero-order chi connectivity index (χ0) is 13.6. The van der Waals surface area contributed by atoms with Gasteiger partial charge < -0.3 is 10.4 Å². The topological polar surface area (TPSA) is 49.3 Å². The lowest BCUT2D eigenvalue weighted by Crippen LogP contribution is -2.29. The van der Waals surface area contributed by atoms with Crippen molar-refractivity contribution in [2.45, 2.75) is 84.1 Å². The van der Waals surface area contributed by atoms with Gasteiger partial charge in [0.2, 0.25) is 0 Å². The van der Waals surface area contributed by atoms with E-state index >= 15 is 0 Å². The summed E-state index contributed by atoms with van der Waals surface area (Å²) in [6.07, 6.45) is 13.2. The first-order valence-electron chi connectivity index (χ1n) is 7.68. The highest BCUT2D eigenvalue weighted by atomic mass is 16.4. The average molecular weight is 257 g/mol. The van der Waals surface area contributed by atoms with Gasteiger partial charge in [-0.1, -0.05) is 65.2 Å². The molecule has 1 unspecified atom stereocenters. The van der Waals surface area contributed by atoms with E-state index in [1.165, 1.54) is 51.4 Å². The highest BCUT2D eigenvalue weighted by Crippen LogP contribution is 2.07. The van der Waals surface area contributed by atoms with E-state index in [0.717, 1.165) is 19.4 Å². The SMILES string of the molecule is CCCCCCCCCC.O=C(O)C1CCCN1. The van der Waals surface area contributed by atoms with Crippen LogP contribution in [0.25, 0.3) is 0 Å². The van der Waals surface area contributed by atoms with Gasteiger partial charge in [-0.05, 0) is 19.4 Å². The fraction of sp³-hybridized carbons (Fsp3) is 0.933. The molecule has 18 heavy (non-hydrogen) atoms. The molecular formula is C15H31NO2. The summed E-state index contributed by atoms with van der Waals surface area (Å²) in [5.74, 6) is -0.720. The third-order valence-corrected chi connectivity index (χ3v) is 3.32. The average Bonchev–Trinajstić information content (AvgIpc) is 2.88. The Balaban J connectivity index is 0.000000327. The number of carboxylic acids is 1. The Bertz CT molecular complexity index is 181. The molecule has 0 aromatic heterocycles. The van der Waals surface area contributed by atoms with E-state index in [0.29, 0.717) is 0 Å². The van der Waals surface area contributed by atoms with Gasteiger partial charge in [0, 0.05) is 0 Å². The van der Waals surface area contributed by atoms with E-state index in [1.54, 1.807) is 0 Å². The van der Waals surface area contributed by atoms with Crippen LogP contribution in [0, 0.1) is 0 Å². The van der Waals surface area contributed by atoms with E-state index in [4.69, 9.17) is 5.11 Å². The van der Waals surface area contributed by atoms with Crippen LogP contribution in [0.5, 0.6) is 0 Å². The van der Waals surface area contributed by atoms with Crippen molar-refractivity contribution >= 4 is 5.97 Å². The Morgan fingerprint density at radius 2 is 1.56 bits per heavy atom. The largest absolute Gasteiger partial charge is 0.480 e. The third-order valence-electron chi connectivity index (χ3n) is 3.32. The second-order valence-electron chi connectivity index (χ2n) is 5.11. The first-order valence-corrected chi connectivity index (χ1v) is 7.68. The Hall–Kier alpha value is -0.570. The summed E-state index contributed by atoms with van der Waals surface area (Å²) in [6.45, 7) is 5.40. The molecule has 0 amide bonds. The summed E-state index contributed by atoms with van der Waals surface area (Å²) in [5.41, 5.74) is 0. The van der Waals surface area contributed by atoms with Gasteiger partial charge in [-0.3, -0.25) is 4.79 Å². The van der Waals surface area contributed by atoms with Crippen LogP contribution in [0.1, 0.15) is 78.1 Å². The number of unbranched alkanes of at least 4 members (excludes halogenated alkanes) is 7. The zero-order valence-electron chi connectivity index (χ0n) is 12.2. The molecule has 0 bridgehead atoms. The zero-order valence-corrected chi connectivity index (χ0v) is 12.2. The normalized spacial score (nSPS) is 18.2. The van der Waals surface area contributed by atoms with Crippen LogP contribution in [0.3, 0.4) is 0 Å². The quantitative estimate of drug-likeness (QED) is 0.647. The summed E-state index contributed by atoms with van der Waals surface area (Å²) in [5, 5.41) is 11.2. The standard InChI is InChI=1S/C10H22.C5H9NO2/c1-3-5-7-9-10-8-6-4-2;7-5(8)4-2-1-3-6-4/h3-10H2,1-2H3;4,6H,1-3H2,(H,7,8). The highest BCUT2D eigenvalue weighted by Gasteiger charge is 2.20. The van der Waals surface area contributed by atoms with Gasteiger partial charge in [-0.25, -0.2) is 0 Å². The van der Waals surface area contributed by atoms with Crippen molar-refractivity contribution in [3.05, 3.63) is 0 Å². The van der Waals surface area contributed by atoms with Crippen LogP contribution in [0.2, 0.25) is 0 Å². The predicted octanol–water partition coefficient (Wildman–Crippen LogP) is 3.97. The maximum absolute atomic E-state index is 10.1. The summed E-state index contributed by atoms with van der Waals surface area (Å²) >= 11 is 0. The van der Waals surface area contributed by atoms with E-state index in [-0.39, 0.29) is 6.04 Å².